The Morgan fingerprint density at radius 1 is 0.821 bits per heavy atom. The molecule has 8 heteroatoms. The lowest BCUT2D eigenvalue weighted by atomic mass is 9.88. The highest BCUT2D eigenvalue weighted by Crippen LogP contribution is 2.24. The lowest BCUT2D eigenvalue weighted by molar-refractivity contribution is -0.150. The summed E-state index contributed by atoms with van der Waals surface area (Å²) in [6, 6.07) is 0. The van der Waals surface area contributed by atoms with Crippen LogP contribution in [0.15, 0.2) is 37.5 Å². The van der Waals surface area contributed by atoms with Crippen LogP contribution in [0.1, 0.15) is 20.3 Å². The third-order valence-corrected chi connectivity index (χ3v) is 3.70. The van der Waals surface area contributed by atoms with Gasteiger partial charge in [0, 0.05) is 17.7 Å². The summed E-state index contributed by atoms with van der Waals surface area (Å²) in [4.78, 5) is 33.8. The number of esters is 3. The Balaban J connectivity index is 4.63. The Kier molecular flexibility index (Phi) is 13.3. The van der Waals surface area contributed by atoms with E-state index in [4.69, 9.17) is 23.7 Å². The van der Waals surface area contributed by atoms with Crippen LogP contribution in [0.3, 0.4) is 0 Å². The molecule has 0 aromatic rings. The average Bonchev–Trinajstić information content (AvgIpc) is 2.69. The van der Waals surface area contributed by atoms with E-state index in [-0.39, 0.29) is 46.2 Å². The first-order valence-electron chi connectivity index (χ1n) is 8.86. The number of rotatable bonds is 16. The van der Waals surface area contributed by atoms with Crippen LogP contribution >= 0.6 is 0 Å². The highest BCUT2D eigenvalue weighted by molar-refractivity contribution is 5.86. The van der Waals surface area contributed by atoms with Gasteiger partial charge in [0.2, 0.25) is 0 Å². The molecular formula is C20H30O8. The zero-order chi connectivity index (χ0) is 21.4. The molecule has 0 aliphatic rings. The Morgan fingerprint density at radius 2 is 1.29 bits per heavy atom. The molecule has 0 spiro atoms. The summed E-state index contributed by atoms with van der Waals surface area (Å²) < 4.78 is 26.2. The molecule has 0 bridgehead atoms. The van der Waals surface area contributed by atoms with Crippen molar-refractivity contribution in [2.24, 2.45) is 5.41 Å². The molecule has 0 fully saturated rings. The van der Waals surface area contributed by atoms with E-state index in [9.17, 15) is 14.4 Å². The van der Waals surface area contributed by atoms with E-state index in [0.29, 0.717) is 12.0 Å². The van der Waals surface area contributed by atoms with Gasteiger partial charge < -0.3 is 23.7 Å². The summed E-state index contributed by atoms with van der Waals surface area (Å²) >= 11 is 0. The molecule has 0 atom stereocenters. The summed E-state index contributed by atoms with van der Waals surface area (Å²) in [6.45, 7) is 14.6. The van der Waals surface area contributed by atoms with E-state index in [2.05, 4.69) is 19.7 Å². The lowest BCUT2D eigenvalue weighted by Gasteiger charge is -2.31. The molecule has 0 amide bonds. The van der Waals surface area contributed by atoms with E-state index in [1.54, 1.807) is 6.92 Å². The van der Waals surface area contributed by atoms with Gasteiger partial charge in [-0.1, -0.05) is 26.7 Å². The van der Waals surface area contributed by atoms with Crippen LogP contribution in [0.25, 0.3) is 0 Å². The van der Waals surface area contributed by atoms with Crippen LogP contribution in [0, 0.1) is 5.41 Å². The summed E-state index contributed by atoms with van der Waals surface area (Å²) in [5, 5.41) is 0. The molecule has 0 aromatic carbocycles. The van der Waals surface area contributed by atoms with Crippen LogP contribution in [-0.2, 0) is 38.1 Å². The Morgan fingerprint density at radius 3 is 1.64 bits per heavy atom. The Bertz CT molecular complexity index is 522. The van der Waals surface area contributed by atoms with Crippen molar-refractivity contribution in [2.75, 3.05) is 46.2 Å². The molecule has 0 rings (SSSR count). The minimum atomic E-state index is -0.615. The van der Waals surface area contributed by atoms with Crippen molar-refractivity contribution in [2.45, 2.75) is 20.3 Å². The molecule has 28 heavy (non-hydrogen) atoms. The summed E-state index contributed by atoms with van der Waals surface area (Å²) in [6.07, 6.45) is 2.73. The maximum atomic E-state index is 11.7. The van der Waals surface area contributed by atoms with Crippen molar-refractivity contribution in [3.8, 4) is 0 Å². The molecule has 8 nitrogen and oxygen atoms in total. The van der Waals surface area contributed by atoms with Crippen molar-refractivity contribution in [1.82, 2.24) is 0 Å². The van der Waals surface area contributed by atoms with Crippen LogP contribution in [-0.4, -0.2) is 64.2 Å². The molecule has 0 radical (unpaired) electrons. The van der Waals surface area contributed by atoms with Gasteiger partial charge in [-0.2, -0.15) is 0 Å². The Labute approximate surface area is 166 Å². The van der Waals surface area contributed by atoms with Crippen molar-refractivity contribution in [3.63, 3.8) is 0 Å². The second kappa shape index (κ2) is 14.6. The van der Waals surface area contributed by atoms with E-state index in [0.717, 1.165) is 12.2 Å². The van der Waals surface area contributed by atoms with Gasteiger partial charge in [-0.05, 0) is 13.3 Å². The molecule has 158 valence electrons. The van der Waals surface area contributed by atoms with Crippen LogP contribution in [0.4, 0.5) is 0 Å². The van der Waals surface area contributed by atoms with Crippen LogP contribution < -0.4 is 0 Å². The van der Waals surface area contributed by atoms with E-state index in [1.165, 1.54) is 0 Å². The van der Waals surface area contributed by atoms with Gasteiger partial charge >= 0.3 is 17.9 Å². The smallest absolute Gasteiger partial charge is 0.333 e. The highest BCUT2D eigenvalue weighted by Gasteiger charge is 2.31. The first-order valence-corrected chi connectivity index (χ1v) is 8.86. The zero-order valence-electron chi connectivity index (χ0n) is 16.7. The van der Waals surface area contributed by atoms with Crippen molar-refractivity contribution in [1.29, 1.82) is 0 Å². The number of hydrogen-bond acceptors (Lipinski definition) is 8. The minimum Gasteiger partial charge on any atom is -0.462 e. The monoisotopic (exact) mass is 398 g/mol. The summed E-state index contributed by atoms with van der Waals surface area (Å²) in [5.41, 5.74) is -0.324. The lowest BCUT2D eigenvalue weighted by Crippen LogP contribution is -2.38. The largest absolute Gasteiger partial charge is 0.462 e. The molecular weight excluding hydrogens is 368 g/mol. The zero-order valence-corrected chi connectivity index (χ0v) is 16.7. The second-order valence-electron chi connectivity index (χ2n) is 6.06. The van der Waals surface area contributed by atoms with Crippen molar-refractivity contribution < 1.29 is 38.1 Å². The fourth-order valence-corrected chi connectivity index (χ4v) is 1.87. The van der Waals surface area contributed by atoms with Gasteiger partial charge in [0.15, 0.2) is 0 Å². The molecule has 0 saturated carbocycles. The third-order valence-electron chi connectivity index (χ3n) is 3.70. The maximum absolute atomic E-state index is 11.7. The standard InChI is InChI=1S/C20H30O8/c1-6-17(21)26-11-9-24-13-20(8-3,15-28-19(23)16(4)5)14-25-10-12-27-18(22)7-2/h6-7H,1-2,4,8-15H2,3,5H3. The van der Waals surface area contributed by atoms with Crippen molar-refractivity contribution in [3.05, 3.63) is 37.5 Å². The van der Waals surface area contributed by atoms with Gasteiger partial charge in [-0.3, -0.25) is 0 Å². The number of ether oxygens (including phenoxy) is 5. The number of carbonyl (C=O) groups is 3. The van der Waals surface area contributed by atoms with Gasteiger partial charge in [-0.25, -0.2) is 14.4 Å². The molecule has 0 unspecified atom stereocenters. The molecule has 0 saturated heterocycles. The summed E-state index contributed by atoms with van der Waals surface area (Å²) in [7, 11) is 0. The topological polar surface area (TPSA) is 97.4 Å². The van der Waals surface area contributed by atoms with Crippen molar-refractivity contribution >= 4 is 17.9 Å². The predicted molar refractivity (Wildman–Crippen MR) is 102 cm³/mol. The van der Waals surface area contributed by atoms with Gasteiger partial charge in [0.05, 0.1) is 31.8 Å². The van der Waals surface area contributed by atoms with Crippen LogP contribution in [0.2, 0.25) is 0 Å². The highest BCUT2D eigenvalue weighted by atomic mass is 16.6. The average molecular weight is 398 g/mol. The minimum absolute atomic E-state index is 0.0636. The number of carbonyl (C=O) groups excluding carboxylic acids is 3. The van der Waals surface area contributed by atoms with Gasteiger partial charge in [-0.15, -0.1) is 0 Å². The van der Waals surface area contributed by atoms with Gasteiger partial charge in [0.25, 0.3) is 0 Å². The molecule has 0 aliphatic carbocycles. The van der Waals surface area contributed by atoms with E-state index >= 15 is 0 Å². The quantitative estimate of drug-likeness (QED) is 0.169. The normalized spacial score (nSPS) is 10.6. The SMILES string of the molecule is C=CC(=O)OCCOCC(CC)(COCCOC(=O)C=C)COC(=O)C(=C)C. The molecule has 0 heterocycles. The van der Waals surface area contributed by atoms with E-state index < -0.39 is 23.3 Å². The van der Waals surface area contributed by atoms with E-state index in [1.807, 2.05) is 6.92 Å². The number of hydrogen-bond donors (Lipinski definition) is 0. The first kappa shape index (κ1) is 25.6. The predicted octanol–water partition coefficient (Wildman–Crippen LogP) is 1.99. The summed E-state index contributed by atoms with van der Waals surface area (Å²) in [5.74, 6) is -1.56. The fourth-order valence-electron chi connectivity index (χ4n) is 1.87. The second-order valence-corrected chi connectivity index (χ2v) is 6.06. The molecule has 0 N–H and O–H groups in total. The Hall–Kier alpha value is -2.45. The third kappa shape index (κ3) is 11.3. The maximum Gasteiger partial charge on any atom is 0.333 e. The first-order chi connectivity index (χ1) is 13.3. The molecule has 0 aliphatic heterocycles. The van der Waals surface area contributed by atoms with Gasteiger partial charge in [0.1, 0.15) is 19.8 Å². The van der Waals surface area contributed by atoms with Crippen LogP contribution in [0.5, 0.6) is 0 Å². The molecule has 0 aromatic heterocycles. The fraction of sp³-hybridized carbons (Fsp3) is 0.550.